The van der Waals surface area contributed by atoms with Crippen LogP contribution in [-0.4, -0.2) is 41.3 Å². The number of nitrogens with two attached hydrogens (primary N) is 1. The maximum atomic E-state index is 12.8. The Hall–Kier alpha value is -1.67. The van der Waals surface area contributed by atoms with Crippen LogP contribution in [0, 0.1) is 11.8 Å². The number of nitrogens with one attached hydrogen (secondary N) is 1. The fourth-order valence-corrected chi connectivity index (χ4v) is 4.07. The Bertz CT molecular complexity index is 801. The highest BCUT2D eigenvalue weighted by atomic mass is 35.5. The summed E-state index contributed by atoms with van der Waals surface area (Å²) in [5, 5.41) is 5.15. The molecule has 0 saturated carbocycles. The van der Waals surface area contributed by atoms with Gasteiger partial charge in [0.2, 0.25) is 11.8 Å². The van der Waals surface area contributed by atoms with Crippen molar-refractivity contribution in [3.63, 3.8) is 0 Å². The fraction of sp³-hybridized carbons (Fsp3) is 0.450. The van der Waals surface area contributed by atoms with Crippen LogP contribution < -0.4 is 11.1 Å². The van der Waals surface area contributed by atoms with Gasteiger partial charge in [0.25, 0.3) is 0 Å². The van der Waals surface area contributed by atoms with Crippen molar-refractivity contribution in [3.05, 3.63) is 47.0 Å². The monoisotopic (exact) mass is 458 g/mol. The summed E-state index contributed by atoms with van der Waals surface area (Å²) in [5.74, 6) is 0.424. The Morgan fingerprint density at radius 1 is 1.24 bits per heavy atom. The lowest BCUT2D eigenvalue weighted by Gasteiger charge is -2.16. The van der Waals surface area contributed by atoms with Crippen molar-refractivity contribution in [2.75, 3.05) is 25.0 Å². The first-order valence-electron chi connectivity index (χ1n) is 9.26. The van der Waals surface area contributed by atoms with Gasteiger partial charge in [0.1, 0.15) is 0 Å². The number of benzene rings is 1. The molecule has 0 bridgehead atoms. The molecule has 2 atom stereocenters. The maximum Gasteiger partial charge on any atom is 0.228 e. The number of aromatic nitrogens is 1. The number of nitrogens with zero attached hydrogens (tertiary/aromatic N) is 2. The van der Waals surface area contributed by atoms with Crippen LogP contribution in [0.1, 0.15) is 31.0 Å². The molecule has 0 spiro atoms. The van der Waals surface area contributed by atoms with Crippen molar-refractivity contribution in [2.45, 2.75) is 26.2 Å². The summed E-state index contributed by atoms with van der Waals surface area (Å²) in [7, 11) is 0. The first-order valence-corrected chi connectivity index (χ1v) is 10.1. The number of carbonyl (C=O) groups is 2. The van der Waals surface area contributed by atoms with Crippen molar-refractivity contribution in [3.8, 4) is 0 Å². The molecule has 1 aliphatic rings. The molecule has 3 N–H and O–H groups in total. The van der Waals surface area contributed by atoms with Crippen LogP contribution >= 0.6 is 36.2 Å². The molecule has 6 nitrogen and oxygen atoms in total. The Morgan fingerprint density at radius 3 is 2.55 bits per heavy atom. The third-order valence-electron chi connectivity index (χ3n) is 4.96. The molecular formula is C20H28Cl2N4O2S. The van der Waals surface area contributed by atoms with E-state index < -0.39 is 0 Å². The molecule has 9 heteroatoms. The number of likely N-dealkylation sites (tertiary alicyclic amines) is 1. The predicted molar refractivity (Wildman–Crippen MR) is 122 cm³/mol. The molecule has 2 heterocycles. The topological polar surface area (TPSA) is 88.3 Å². The summed E-state index contributed by atoms with van der Waals surface area (Å²) in [6, 6.07) is 10.2. The standard InChI is InChI=1S/C20H26N4O2S.2ClH/c1-13(2)19(26)23-20-22-16(12-27-20)8-18(25)24-10-15(9-21)17(11-24)14-6-4-3-5-7-14;;/h3-7,12-13,15,17H,8-11,21H2,1-2H3,(H,22,23,26);2*1H/t15-,17+;;/m1../s1. The van der Waals surface area contributed by atoms with Gasteiger partial charge in [0, 0.05) is 30.3 Å². The van der Waals surface area contributed by atoms with Crippen LogP contribution in [0.4, 0.5) is 5.13 Å². The van der Waals surface area contributed by atoms with E-state index in [2.05, 4.69) is 22.4 Å². The van der Waals surface area contributed by atoms with E-state index in [9.17, 15) is 9.59 Å². The minimum Gasteiger partial charge on any atom is -0.341 e. The van der Waals surface area contributed by atoms with Crippen LogP contribution in [0.2, 0.25) is 0 Å². The first-order chi connectivity index (χ1) is 13.0. The second-order valence-corrected chi connectivity index (χ2v) is 8.13. The number of anilines is 1. The van der Waals surface area contributed by atoms with Gasteiger partial charge in [-0.25, -0.2) is 4.98 Å². The van der Waals surface area contributed by atoms with E-state index in [1.165, 1.54) is 16.9 Å². The number of halogens is 2. The lowest BCUT2D eigenvalue weighted by Crippen LogP contribution is -2.31. The Balaban J connectivity index is 0.00000210. The number of hydrogen-bond acceptors (Lipinski definition) is 5. The van der Waals surface area contributed by atoms with Gasteiger partial charge in [0.15, 0.2) is 5.13 Å². The smallest absolute Gasteiger partial charge is 0.228 e. The average Bonchev–Trinajstić information content (AvgIpc) is 3.29. The van der Waals surface area contributed by atoms with E-state index in [-0.39, 0.29) is 60.8 Å². The van der Waals surface area contributed by atoms with E-state index in [4.69, 9.17) is 5.73 Å². The zero-order valence-electron chi connectivity index (χ0n) is 16.5. The Labute approximate surface area is 188 Å². The molecule has 1 saturated heterocycles. The second-order valence-electron chi connectivity index (χ2n) is 7.28. The molecule has 0 radical (unpaired) electrons. The lowest BCUT2D eigenvalue weighted by atomic mass is 9.89. The number of hydrogen-bond donors (Lipinski definition) is 2. The van der Waals surface area contributed by atoms with E-state index in [1.807, 2.05) is 42.3 Å². The van der Waals surface area contributed by atoms with Gasteiger partial charge < -0.3 is 16.0 Å². The Morgan fingerprint density at radius 2 is 1.93 bits per heavy atom. The molecule has 1 aliphatic heterocycles. The first kappa shape index (κ1) is 25.4. The zero-order chi connectivity index (χ0) is 19.4. The van der Waals surface area contributed by atoms with Gasteiger partial charge in [0.05, 0.1) is 12.1 Å². The summed E-state index contributed by atoms with van der Waals surface area (Å²) in [6.45, 7) is 5.59. The largest absolute Gasteiger partial charge is 0.341 e. The molecular weight excluding hydrogens is 431 g/mol. The van der Waals surface area contributed by atoms with Crippen LogP contribution in [0.25, 0.3) is 0 Å². The van der Waals surface area contributed by atoms with Gasteiger partial charge in [-0.2, -0.15) is 0 Å². The van der Waals surface area contributed by atoms with Gasteiger partial charge in [-0.15, -0.1) is 36.2 Å². The van der Waals surface area contributed by atoms with E-state index in [1.54, 1.807) is 0 Å². The summed E-state index contributed by atoms with van der Waals surface area (Å²) in [5.41, 5.74) is 7.88. The normalized spacial score (nSPS) is 18.1. The van der Waals surface area contributed by atoms with Gasteiger partial charge in [-0.1, -0.05) is 44.2 Å². The summed E-state index contributed by atoms with van der Waals surface area (Å²) >= 11 is 1.35. The third kappa shape index (κ3) is 6.40. The third-order valence-corrected chi connectivity index (χ3v) is 5.77. The summed E-state index contributed by atoms with van der Waals surface area (Å²) < 4.78 is 0. The quantitative estimate of drug-likeness (QED) is 0.694. The molecule has 1 fully saturated rings. The highest BCUT2D eigenvalue weighted by Gasteiger charge is 2.35. The highest BCUT2D eigenvalue weighted by Crippen LogP contribution is 2.32. The van der Waals surface area contributed by atoms with Gasteiger partial charge in [-0.05, 0) is 18.0 Å². The lowest BCUT2D eigenvalue weighted by molar-refractivity contribution is -0.129. The predicted octanol–water partition coefficient (Wildman–Crippen LogP) is 3.32. The van der Waals surface area contributed by atoms with E-state index in [0.29, 0.717) is 30.5 Å². The van der Waals surface area contributed by atoms with E-state index >= 15 is 0 Å². The van der Waals surface area contributed by atoms with E-state index in [0.717, 1.165) is 0 Å². The molecule has 1 aromatic heterocycles. The van der Waals surface area contributed by atoms with Crippen molar-refractivity contribution >= 4 is 53.1 Å². The van der Waals surface area contributed by atoms with Gasteiger partial charge >= 0.3 is 0 Å². The van der Waals surface area contributed by atoms with Crippen LogP contribution in [0.15, 0.2) is 35.7 Å². The summed E-state index contributed by atoms with van der Waals surface area (Å²) in [4.78, 5) is 30.8. The average molecular weight is 459 g/mol. The minimum absolute atomic E-state index is 0. The fourth-order valence-electron chi connectivity index (χ4n) is 3.35. The van der Waals surface area contributed by atoms with Gasteiger partial charge in [-0.3, -0.25) is 9.59 Å². The molecule has 1 aromatic carbocycles. The summed E-state index contributed by atoms with van der Waals surface area (Å²) in [6.07, 6.45) is 0.243. The van der Waals surface area contributed by atoms with Crippen LogP contribution in [0.3, 0.4) is 0 Å². The number of amides is 2. The SMILES string of the molecule is CC(C)C(=O)Nc1nc(CC(=O)N2C[C@@H](CN)[C@H](c3ccccc3)C2)cs1.Cl.Cl. The zero-order valence-corrected chi connectivity index (χ0v) is 19.0. The van der Waals surface area contributed by atoms with Crippen LogP contribution in [-0.2, 0) is 16.0 Å². The molecule has 2 amide bonds. The van der Waals surface area contributed by atoms with Crippen molar-refractivity contribution in [2.24, 2.45) is 17.6 Å². The van der Waals surface area contributed by atoms with Crippen molar-refractivity contribution in [1.29, 1.82) is 0 Å². The molecule has 0 unspecified atom stereocenters. The number of rotatable bonds is 6. The Kier molecular flexibility index (Phi) is 10.1. The number of carbonyl (C=O) groups excluding carboxylic acids is 2. The maximum absolute atomic E-state index is 12.8. The van der Waals surface area contributed by atoms with Crippen LogP contribution in [0.5, 0.6) is 0 Å². The minimum atomic E-state index is -0.105. The molecule has 3 rings (SSSR count). The molecule has 2 aromatic rings. The highest BCUT2D eigenvalue weighted by molar-refractivity contribution is 7.13. The molecule has 0 aliphatic carbocycles. The van der Waals surface area contributed by atoms with Crippen molar-refractivity contribution < 1.29 is 9.59 Å². The molecule has 160 valence electrons. The van der Waals surface area contributed by atoms with Crippen molar-refractivity contribution in [1.82, 2.24) is 9.88 Å². The molecule has 29 heavy (non-hydrogen) atoms. The number of thiazole rings is 1. The second kappa shape index (κ2) is 11.5.